The standard InChI is InChI=1S/C70H133NO5/c1-3-5-7-9-11-13-15-17-19-21-23-25-27-29-30-31-32-33-34-35-36-37-38-39-40-42-44-46-48-50-52-54-56-58-60-62-64-68(74)70(76)71-66(65-72)69(75)67(73)63-61-59-57-55-53-51-49-47-45-43-41-28-26-24-22-20-18-16-14-12-10-8-6-4-2/h30-31,33-34,47,49,55,57,66-69,72-75H,3-29,32,35-46,48,50-54,56,58-65H2,1-2H3,(H,71,76)/b31-30-,34-33-,49-47+,57-55+. The Morgan fingerprint density at radius 2 is 0.592 bits per heavy atom. The maximum Gasteiger partial charge on any atom is 0.249 e. The van der Waals surface area contributed by atoms with Gasteiger partial charge in [0.25, 0.3) is 0 Å². The maximum absolute atomic E-state index is 12.6. The van der Waals surface area contributed by atoms with E-state index < -0.39 is 36.9 Å². The van der Waals surface area contributed by atoms with Crippen LogP contribution in [0.25, 0.3) is 0 Å². The van der Waals surface area contributed by atoms with Crippen molar-refractivity contribution in [3.05, 3.63) is 48.6 Å². The second-order valence-electron chi connectivity index (χ2n) is 23.5. The number of hydrogen-bond acceptors (Lipinski definition) is 5. The van der Waals surface area contributed by atoms with Gasteiger partial charge in [0.05, 0.1) is 18.8 Å². The number of carbonyl (C=O) groups excluding carboxylic acids is 1. The van der Waals surface area contributed by atoms with Crippen LogP contribution in [0, 0.1) is 0 Å². The first kappa shape index (κ1) is 74.3. The molecule has 4 atom stereocenters. The Labute approximate surface area is 474 Å². The molecule has 0 radical (unpaired) electrons. The predicted molar refractivity (Wildman–Crippen MR) is 334 cm³/mol. The first-order valence-electron chi connectivity index (χ1n) is 34.0. The van der Waals surface area contributed by atoms with E-state index in [4.69, 9.17) is 0 Å². The maximum atomic E-state index is 12.6. The van der Waals surface area contributed by atoms with E-state index in [0.29, 0.717) is 19.3 Å². The molecule has 0 aromatic carbocycles. The molecule has 0 saturated heterocycles. The van der Waals surface area contributed by atoms with Crippen molar-refractivity contribution < 1.29 is 25.2 Å². The van der Waals surface area contributed by atoms with Crippen LogP contribution in [0.1, 0.15) is 361 Å². The summed E-state index contributed by atoms with van der Waals surface area (Å²) < 4.78 is 0. The summed E-state index contributed by atoms with van der Waals surface area (Å²) in [5, 5.41) is 44.1. The van der Waals surface area contributed by atoms with Crippen molar-refractivity contribution in [1.29, 1.82) is 0 Å². The number of nitrogens with one attached hydrogen (secondary N) is 1. The Kier molecular flexibility index (Phi) is 62.6. The molecule has 4 unspecified atom stereocenters. The van der Waals surface area contributed by atoms with Crippen LogP contribution in [0.15, 0.2) is 48.6 Å². The summed E-state index contributed by atoms with van der Waals surface area (Å²) in [6.45, 7) is 4.08. The average Bonchev–Trinajstić information content (AvgIpc) is 3.42. The van der Waals surface area contributed by atoms with E-state index in [9.17, 15) is 25.2 Å². The smallest absolute Gasteiger partial charge is 0.249 e. The minimum atomic E-state index is -1.29. The zero-order chi connectivity index (χ0) is 55.1. The van der Waals surface area contributed by atoms with E-state index in [1.165, 1.54) is 283 Å². The molecule has 0 aliphatic rings. The quantitative estimate of drug-likeness (QED) is 0.0308. The van der Waals surface area contributed by atoms with Gasteiger partial charge in [-0.15, -0.1) is 0 Å². The van der Waals surface area contributed by atoms with Gasteiger partial charge in [0.15, 0.2) is 0 Å². The molecular formula is C70H133NO5. The van der Waals surface area contributed by atoms with Gasteiger partial charge >= 0.3 is 0 Å². The largest absolute Gasteiger partial charge is 0.394 e. The van der Waals surface area contributed by atoms with Crippen LogP contribution in [0.3, 0.4) is 0 Å². The highest BCUT2D eigenvalue weighted by Gasteiger charge is 2.28. The number of aliphatic hydroxyl groups is 4. The lowest BCUT2D eigenvalue weighted by atomic mass is 10.00. The number of rotatable bonds is 63. The van der Waals surface area contributed by atoms with E-state index in [1.54, 1.807) is 0 Å². The lowest BCUT2D eigenvalue weighted by Crippen LogP contribution is -2.53. The monoisotopic (exact) mass is 1070 g/mol. The first-order chi connectivity index (χ1) is 37.5. The predicted octanol–water partition coefficient (Wildman–Crippen LogP) is 20.9. The van der Waals surface area contributed by atoms with Crippen molar-refractivity contribution in [2.24, 2.45) is 0 Å². The molecule has 5 N–H and O–H groups in total. The highest BCUT2D eigenvalue weighted by molar-refractivity contribution is 5.80. The number of unbranched alkanes of at least 4 members (excludes halogenated alkanes) is 46. The molecule has 6 heteroatoms. The van der Waals surface area contributed by atoms with Crippen molar-refractivity contribution >= 4 is 5.91 Å². The molecule has 6 nitrogen and oxygen atoms in total. The number of allylic oxidation sites excluding steroid dienone is 8. The molecule has 0 heterocycles. The van der Waals surface area contributed by atoms with E-state index in [-0.39, 0.29) is 0 Å². The van der Waals surface area contributed by atoms with Gasteiger partial charge < -0.3 is 25.7 Å². The molecule has 0 spiro atoms. The fourth-order valence-corrected chi connectivity index (χ4v) is 10.7. The molecule has 0 aliphatic heterocycles. The van der Waals surface area contributed by atoms with Gasteiger partial charge in [-0.2, -0.15) is 0 Å². The summed E-state index contributed by atoms with van der Waals surface area (Å²) in [6, 6.07) is -1.01. The summed E-state index contributed by atoms with van der Waals surface area (Å²) in [7, 11) is 0. The minimum absolute atomic E-state index is 0.360. The Balaban J connectivity index is 3.60. The van der Waals surface area contributed by atoms with Crippen LogP contribution < -0.4 is 5.32 Å². The van der Waals surface area contributed by atoms with Crippen LogP contribution in [0.5, 0.6) is 0 Å². The van der Waals surface area contributed by atoms with E-state index >= 15 is 0 Å². The van der Waals surface area contributed by atoms with Gasteiger partial charge in [0.2, 0.25) is 5.91 Å². The lowest BCUT2D eigenvalue weighted by Gasteiger charge is -2.27. The second-order valence-corrected chi connectivity index (χ2v) is 23.5. The third-order valence-electron chi connectivity index (χ3n) is 16.0. The van der Waals surface area contributed by atoms with Gasteiger partial charge in [0.1, 0.15) is 12.2 Å². The van der Waals surface area contributed by atoms with Crippen LogP contribution in [0.4, 0.5) is 0 Å². The molecule has 0 fully saturated rings. The molecule has 448 valence electrons. The summed E-state index contributed by atoms with van der Waals surface area (Å²) in [6.07, 6.45) is 83.8. The number of amides is 1. The molecule has 0 aromatic heterocycles. The summed E-state index contributed by atoms with van der Waals surface area (Å²) in [4.78, 5) is 12.6. The molecule has 0 rings (SSSR count). The Morgan fingerprint density at radius 3 is 0.908 bits per heavy atom. The molecule has 0 bridgehead atoms. The Bertz CT molecular complexity index is 1250. The summed E-state index contributed by atoms with van der Waals surface area (Å²) in [5.41, 5.74) is 0. The topological polar surface area (TPSA) is 110 Å². The third-order valence-corrected chi connectivity index (χ3v) is 16.0. The van der Waals surface area contributed by atoms with Crippen molar-refractivity contribution in [3.8, 4) is 0 Å². The van der Waals surface area contributed by atoms with E-state index in [2.05, 4.69) is 67.8 Å². The van der Waals surface area contributed by atoms with Gasteiger partial charge in [0, 0.05) is 0 Å². The van der Waals surface area contributed by atoms with E-state index in [1.807, 2.05) is 0 Å². The van der Waals surface area contributed by atoms with Gasteiger partial charge in [-0.05, 0) is 83.5 Å². The fourth-order valence-electron chi connectivity index (χ4n) is 10.7. The molecule has 0 saturated carbocycles. The number of aliphatic hydroxyl groups excluding tert-OH is 4. The van der Waals surface area contributed by atoms with Crippen molar-refractivity contribution in [3.63, 3.8) is 0 Å². The average molecular weight is 1070 g/mol. The highest BCUT2D eigenvalue weighted by atomic mass is 16.3. The molecule has 76 heavy (non-hydrogen) atoms. The number of hydrogen-bond donors (Lipinski definition) is 5. The van der Waals surface area contributed by atoms with E-state index in [0.717, 1.165) is 44.9 Å². The van der Waals surface area contributed by atoms with Crippen LogP contribution in [-0.2, 0) is 4.79 Å². The zero-order valence-corrected chi connectivity index (χ0v) is 51.0. The molecule has 0 aromatic rings. The molecular weight excluding hydrogens is 935 g/mol. The normalized spacial score (nSPS) is 13.8. The first-order valence-corrected chi connectivity index (χ1v) is 34.0. The van der Waals surface area contributed by atoms with Crippen molar-refractivity contribution in [2.75, 3.05) is 6.61 Å². The second kappa shape index (κ2) is 64.1. The van der Waals surface area contributed by atoms with Gasteiger partial charge in [-0.3, -0.25) is 4.79 Å². The van der Waals surface area contributed by atoms with Crippen molar-refractivity contribution in [2.45, 2.75) is 385 Å². The molecule has 1 amide bonds. The lowest BCUT2D eigenvalue weighted by molar-refractivity contribution is -0.132. The van der Waals surface area contributed by atoms with Crippen LogP contribution >= 0.6 is 0 Å². The van der Waals surface area contributed by atoms with Gasteiger partial charge in [-0.25, -0.2) is 0 Å². The summed E-state index contributed by atoms with van der Waals surface area (Å²) in [5.74, 6) is -0.593. The number of carbonyl (C=O) groups is 1. The summed E-state index contributed by atoms with van der Waals surface area (Å²) >= 11 is 0. The fraction of sp³-hybridized carbons (Fsp3) is 0.871. The van der Waals surface area contributed by atoms with Crippen molar-refractivity contribution in [1.82, 2.24) is 5.32 Å². The zero-order valence-electron chi connectivity index (χ0n) is 51.0. The highest BCUT2D eigenvalue weighted by Crippen LogP contribution is 2.18. The SMILES string of the molecule is CCCCCCCCCCCCCCC/C=C\C/C=C\CCCCCCCCCCCCCCCCCCC(O)C(=O)NC(CO)C(O)C(O)CCC/C=C/CC/C=C/CCCCCCCCCCCCCCCCC. The Morgan fingerprint density at radius 1 is 0.329 bits per heavy atom. The Hall–Kier alpha value is -1.73. The van der Waals surface area contributed by atoms with Crippen LogP contribution in [-0.4, -0.2) is 57.3 Å². The third kappa shape index (κ3) is 57.0. The van der Waals surface area contributed by atoms with Gasteiger partial charge in [-0.1, -0.05) is 326 Å². The minimum Gasteiger partial charge on any atom is -0.394 e. The van der Waals surface area contributed by atoms with Crippen LogP contribution in [0.2, 0.25) is 0 Å². The molecule has 0 aliphatic carbocycles.